The van der Waals surface area contributed by atoms with Crippen LogP contribution in [0, 0.1) is 17.0 Å². The smallest absolute Gasteiger partial charge is 0.273 e. The molecule has 1 aromatic carbocycles. The van der Waals surface area contributed by atoms with Gasteiger partial charge in [-0.2, -0.15) is 5.10 Å². The van der Waals surface area contributed by atoms with Gasteiger partial charge in [0.05, 0.1) is 11.1 Å². The summed E-state index contributed by atoms with van der Waals surface area (Å²) in [6.07, 6.45) is 1.59. The average molecular weight is 288 g/mol. The van der Waals surface area contributed by atoms with Crippen LogP contribution < -0.4 is 5.32 Å². The van der Waals surface area contributed by atoms with Crippen LogP contribution in [0.4, 0.5) is 11.5 Å². The maximum Gasteiger partial charge on any atom is 0.273 e. The molecular formula is C14H16N4O3. The number of nitrogens with zero attached hydrogens (tertiary/aromatic N) is 3. The Hall–Kier alpha value is -2.70. The molecule has 110 valence electrons. The summed E-state index contributed by atoms with van der Waals surface area (Å²) in [4.78, 5) is 22.6. The second kappa shape index (κ2) is 5.74. The van der Waals surface area contributed by atoms with E-state index in [0.717, 1.165) is 0 Å². The molecule has 21 heavy (non-hydrogen) atoms. The quantitative estimate of drug-likeness (QED) is 0.691. The Kier molecular flexibility index (Phi) is 4.02. The molecule has 1 aromatic heterocycles. The number of anilines is 1. The summed E-state index contributed by atoms with van der Waals surface area (Å²) < 4.78 is 1.67. The third-order valence-corrected chi connectivity index (χ3v) is 3.07. The van der Waals surface area contributed by atoms with Crippen LogP contribution in [0.3, 0.4) is 0 Å². The molecule has 1 heterocycles. The van der Waals surface area contributed by atoms with Crippen molar-refractivity contribution in [3.05, 3.63) is 51.7 Å². The van der Waals surface area contributed by atoms with Gasteiger partial charge in [0.2, 0.25) is 0 Å². The number of aryl methyl sites for hydroxylation is 1. The van der Waals surface area contributed by atoms with E-state index in [0.29, 0.717) is 11.4 Å². The molecule has 0 aliphatic heterocycles. The second-order valence-electron chi connectivity index (χ2n) is 4.97. The largest absolute Gasteiger partial charge is 0.307 e. The van der Waals surface area contributed by atoms with Crippen LogP contribution >= 0.6 is 0 Å². The van der Waals surface area contributed by atoms with E-state index in [1.807, 2.05) is 13.8 Å². The Balaban J connectivity index is 2.27. The molecule has 0 radical (unpaired) electrons. The van der Waals surface area contributed by atoms with Gasteiger partial charge in [-0.1, -0.05) is 6.07 Å². The Bertz CT molecular complexity index is 691. The fourth-order valence-corrected chi connectivity index (χ4v) is 1.96. The van der Waals surface area contributed by atoms with Crippen LogP contribution in [0.25, 0.3) is 0 Å². The van der Waals surface area contributed by atoms with E-state index in [9.17, 15) is 14.9 Å². The Morgan fingerprint density at radius 3 is 2.71 bits per heavy atom. The molecule has 0 saturated carbocycles. The first-order valence-electron chi connectivity index (χ1n) is 6.50. The van der Waals surface area contributed by atoms with Crippen LogP contribution in [-0.4, -0.2) is 20.6 Å². The summed E-state index contributed by atoms with van der Waals surface area (Å²) in [5.74, 6) is 0.152. The zero-order valence-corrected chi connectivity index (χ0v) is 12.0. The summed E-state index contributed by atoms with van der Waals surface area (Å²) in [7, 11) is 0. The van der Waals surface area contributed by atoms with Gasteiger partial charge in [0, 0.05) is 29.3 Å². The molecule has 0 aliphatic carbocycles. The molecule has 0 aliphatic rings. The number of nitrogens with one attached hydrogen (secondary N) is 1. The third kappa shape index (κ3) is 3.07. The molecule has 0 fully saturated rings. The van der Waals surface area contributed by atoms with Gasteiger partial charge in [0.15, 0.2) is 0 Å². The van der Waals surface area contributed by atoms with E-state index in [1.165, 1.54) is 6.07 Å². The van der Waals surface area contributed by atoms with Crippen molar-refractivity contribution < 1.29 is 9.72 Å². The van der Waals surface area contributed by atoms with Crippen LogP contribution in [0.15, 0.2) is 30.5 Å². The molecule has 1 N–H and O–H groups in total. The Morgan fingerprint density at radius 2 is 2.10 bits per heavy atom. The van der Waals surface area contributed by atoms with Gasteiger partial charge in [-0.25, -0.2) is 4.68 Å². The van der Waals surface area contributed by atoms with Crippen molar-refractivity contribution in [2.75, 3.05) is 5.32 Å². The van der Waals surface area contributed by atoms with E-state index in [4.69, 9.17) is 0 Å². The van der Waals surface area contributed by atoms with Crippen molar-refractivity contribution >= 4 is 17.4 Å². The van der Waals surface area contributed by atoms with E-state index in [-0.39, 0.29) is 17.3 Å². The predicted molar refractivity (Wildman–Crippen MR) is 78.4 cm³/mol. The number of hydrogen-bond donors (Lipinski definition) is 1. The minimum absolute atomic E-state index is 0.0694. The Labute approximate surface area is 121 Å². The molecule has 1 amide bonds. The zero-order valence-electron chi connectivity index (χ0n) is 12.0. The van der Waals surface area contributed by atoms with Crippen molar-refractivity contribution in [1.82, 2.24) is 9.78 Å². The molecule has 0 atom stereocenters. The SMILES string of the molecule is Cc1ccc(C(=O)Nc2ccnn2C(C)C)cc1[N+](=O)[O-]. The highest BCUT2D eigenvalue weighted by molar-refractivity contribution is 6.04. The van der Waals surface area contributed by atoms with E-state index in [2.05, 4.69) is 10.4 Å². The number of rotatable bonds is 4. The fraction of sp³-hybridized carbons (Fsp3) is 0.286. The number of nitro benzene ring substituents is 1. The van der Waals surface area contributed by atoms with E-state index < -0.39 is 10.8 Å². The van der Waals surface area contributed by atoms with Gasteiger partial charge in [-0.15, -0.1) is 0 Å². The predicted octanol–water partition coefficient (Wildman–Crippen LogP) is 2.93. The molecular weight excluding hydrogens is 272 g/mol. The summed E-state index contributed by atoms with van der Waals surface area (Å²) in [6.45, 7) is 5.52. The number of hydrogen-bond acceptors (Lipinski definition) is 4. The zero-order chi connectivity index (χ0) is 15.6. The summed E-state index contributed by atoms with van der Waals surface area (Å²) in [6, 6.07) is 6.18. The number of carbonyl (C=O) groups is 1. The molecule has 0 bridgehead atoms. The standard InChI is InChI=1S/C14H16N4O3/c1-9(2)17-13(6-7-15-17)16-14(19)11-5-4-10(3)12(8-11)18(20)21/h4-9H,1-3H3,(H,16,19). The van der Waals surface area contributed by atoms with E-state index in [1.54, 1.807) is 36.0 Å². The van der Waals surface area contributed by atoms with E-state index >= 15 is 0 Å². The van der Waals surface area contributed by atoms with Gasteiger partial charge in [-0.05, 0) is 26.8 Å². The normalized spacial score (nSPS) is 10.7. The average Bonchev–Trinajstić information content (AvgIpc) is 2.87. The fourth-order valence-electron chi connectivity index (χ4n) is 1.96. The third-order valence-electron chi connectivity index (χ3n) is 3.07. The first-order chi connectivity index (χ1) is 9.90. The number of carbonyl (C=O) groups excluding carboxylic acids is 1. The highest BCUT2D eigenvalue weighted by Gasteiger charge is 2.16. The molecule has 0 unspecified atom stereocenters. The van der Waals surface area contributed by atoms with Crippen LogP contribution in [0.1, 0.15) is 35.8 Å². The minimum Gasteiger partial charge on any atom is -0.307 e. The van der Waals surface area contributed by atoms with Gasteiger partial charge < -0.3 is 5.32 Å². The molecule has 2 aromatic rings. The first-order valence-corrected chi connectivity index (χ1v) is 6.50. The number of nitro groups is 1. The van der Waals surface area contributed by atoms with Crippen LogP contribution in [0.2, 0.25) is 0 Å². The van der Waals surface area contributed by atoms with Crippen molar-refractivity contribution in [1.29, 1.82) is 0 Å². The monoisotopic (exact) mass is 288 g/mol. The number of benzene rings is 1. The van der Waals surface area contributed by atoms with Crippen molar-refractivity contribution in [2.24, 2.45) is 0 Å². The summed E-state index contributed by atoms with van der Waals surface area (Å²) >= 11 is 0. The van der Waals surface area contributed by atoms with Crippen LogP contribution in [0.5, 0.6) is 0 Å². The highest BCUT2D eigenvalue weighted by Crippen LogP contribution is 2.20. The maximum absolute atomic E-state index is 12.2. The lowest BCUT2D eigenvalue weighted by atomic mass is 10.1. The van der Waals surface area contributed by atoms with Gasteiger partial charge in [-0.3, -0.25) is 14.9 Å². The minimum atomic E-state index is -0.496. The second-order valence-corrected chi connectivity index (χ2v) is 4.97. The summed E-state index contributed by atoms with van der Waals surface area (Å²) in [5, 5.41) is 17.7. The van der Waals surface area contributed by atoms with Gasteiger partial charge >= 0.3 is 0 Å². The van der Waals surface area contributed by atoms with Crippen LogP contribution in [-0.2, 0) is 0 Å². The molecule has 0 spiro atoms. The van der Waals surface area contributed by atoms with Crippen molar-refractivity contribution in [3.8, 4) is 0 Å². The van der Waals surface area contributed by atoms with Gasteiger partial charge in [0.1, 0.15) is 5.82 Å². The molecule has 7 heteroatoms. The highest BCUT2D eigenvalue weighted by atomic mass is 16.6. The van der Waals surface area contributed by atoms with Gasteiger partial charge in [0.25, 0.3) is 11.6 Å². The lowest BCUT2D eigenvalue weighted by Gasteiger charge is -2.11. The Morgan fingerprint density at radius 1 is 1.38 bits per heavy atom. The molecule has 0 saturated heterocycles. The lowest BCUT2D eigenvalue weighted by molar-refractivity contribution is -0.385. The molecule has 2 rings (SSSR count). The maximum atomic E-state index is 12.2. The van der Waals surface area contributed by atoms with Crippen molar-refractivity contribution in [3.63, 3.8) is 0 Å². The first kappa shape index (κ1) is 14.7. The van der Waals surface area contributed by atoms with Crippen molar-refractivity contribution in [2.45, 2.75) is 26.8 Å². The topological polar surface area (TPSA) is 90.1 Å². The number of aromatic nitrogens is 2. The summed E-state index contributed by atoms with van der Waals surface area (Å²) in [5.41, 5.74) is 0.688. The lowest BCUT2D eigenvalue weighted by Crippen LogP contribution is -2.17. The number of amides is 1. The molecule has 7 nitrogen and oxygen atoms in total.